The zero-order chi connectivity index (χ0) is 23.2. The van der Waals surface area contributed by atoms with Crippen LogP contribution in [-0.4, -0.2) is 6.54 Å². The average molecular weight is 446 g/mol. The van der Waals surface area contributed by atoms with Crippen LogP contribution in [-0.2, 0) is 13.0 Å². The number of aryl methyl sites for hydroxylation is 1. The van der Waals surface area contributed by atoms with Gasteiger partial charge in [-0.15, -0.1) is 0 Å². The maximum absolute atomic E-state index is 3.59. The fourth-order valence-electron chi connectivity index (χ4n) is 4.20. The van der Waals surface area contributed by atoms with Crippen molar-refractivity contribution in [1.29, 1.82) is 0 Å². The van der Waals surface area contributed by atoms with Gasteiger partial charge >= 0.3 is 0 Å². The summed E-state index contributed by atoms with van der Waals surface area (Å²) in [4.78, 5) is 0. The molecule has 0 saturated heterocycles. The topological polar surface area (TPSA) is 12.0 Å². The van der Waals surface area contributed by atoms with E-state index < -0.39 is 0 Å². The molecule has 2 rings (SSSR count). The molecule has 2 aromatic rings. The smallest absolute Gasteiger partial charge is 0.0245 e. The number of unbranched alkanes of at least 4 members (excludes halogenated alkanes) is 12. The van der Waals surface area contributed by atoms with Gasteiger partial charge in [-0.1, -0.05) is 125 Å². The predicted molar refractivity (Wildman–Crippen MR) is 145 cm³/mol. The van der Waals surface area contributed by atoms with Gasteiger partial charge < -0.3 is 5.32 Å². The molecule has 0 atom stereocenters. The Balaban J connectivity index is 1.41. The Morgan fingerprint density at radius 3 is 1.91 bits per heavy atom. The van der Waals surface area contributed by atoms with Gasteiger partial charge in [-0.3, -0.25) is 0 Å². The van der Waals surface area contributed by atoms with Crippen molar-refractivity contribution in [3.63, 3.8) is 0 Å². The van der Waals surface area contributed by atoms with Crippen LogP contribution in [0.4, 0.5) is 0 Å². The standard InChI is InChI=1S/C32H47N/c1-2-3-4-5-6-7-8-9-11-16-23-31-24-26-32(27-25-31)29-33-28-19-13-10-12-15-20-30-21-17-14-18-22-30/h14,17-18,21-22,24-27,33H,2-13,16,19,23,28-29H2,1H3. The SMILES string of the molecule is CCCCCCCCCCCCc1ccc(CNCCCCCC#Cc2ccccc2)cc1. The Hall–Kier alpha value is -2.04. The van der Waals surface area contributed by atoms with Crippen LogP contribution in [0.3, 0.4) is 0 Å². The fraction of sp³-hybridized carbons (Fsp3) is 0.562. The molecule has 0 saturated carbocycles. The molecule has 1 nitrogen and oxygen atoms in total. The second kappa shape index (κ2) is 19.4. The maximum Gasteiger partial charge on any atom is 0.0245 e. The van der Waals surface area contributed by atoms with Crippen LogP contribution < -0.4 is 5.32 Å². The molecule has 0 aliphatic rings. The second-order valence-electron chi connectivity index (χ2n) is 9.40. The molecule has 180 valence electrons. The van der Waals surface area contributed by atoms with Gasteiger partial charge in [0.1, 0.15) is 0 Å². The first-order valence-corrected chi connectivity index (χ1v) is 13.7. The van der Waals surface area contributed by atoms with Crippen LogP contribution in [0.5, 0.6) is 0 Å². The average Bonchev–Trinajstić information content (AvgIpc) is 2.85. The second-order valence-corrected chi connectivity index (χ2v) is 9.40. The minimum atomic E-state index is 0.979. The van der Waals surface area contributed by atoms with E-state index in [2.05, 4.69) is 60.5 Å². The van der Waals surface area contributed by atoms with E-state index in [0.717, 1.165) is 25.1 Å². The lowest BCUT2D eigenvalue weighted by Gasteiger charge is -2.07. The summed E-state index contributed by atoms with van der Waals surface area (Å²) in [5.74, 6) is 6.53. The predicted octanol–water partition coefficient (Wildman–Crippen LogP) is 8.85. The normalized spacial score (nSPS) is 10.7. The molecule has 0 aliphatic heterocycles. The summed E-state index contributed by atoms with van der Waals surface area (Å²) in [6.45, 7) is 4.36. The Labute approximate surface area is 204 Å². The molecule has 1 N–H and O–H groups in total. The molecular formula is C32H47N. The Morgan fingerprint density at radius 2 is 1.21 bits per heavy atom. The lowest BCUT2D eigenvalue weighted by Crippen LogP contribution is -2.14. The highest BCUT2D eigenvalue weighted by Crippen LogP contribution is 2.13. The summed E-state index contributed by atoms with van der Waals surface area (Å²) >= 11 is 0. The lowest BCUT2D eigenvalue weighted by molar-refractivity contribution is 0.556. The molecule has 0 amide bonds. The highest BCUT2D eigenvalue weighted by atomic mass is 14.8. The summed E-state index contributed by atoms with van der Waals surface area (Å²) in [7, 11) is 0. The highest BCUT2D eigenvalue weighted by Gasteiger charge is 1.97. The molecular weight excluding hydrogens is 398 g/mol. The zero-order valence-electron chi connectivity index (χ0n) is 21.2. The van der Waals surface area contributed by atoms with Crippen LogP contribution in [0.2, 0.25) is 0 Å². The van der Waals surface area contributed by atoms with Crippen LogP contribution >= 0.6 is 0 Å². The molecule has 1 heteroatoms. The van der Waals surface area contributed by atoms with Crippen molar-refractivity contribution >= 4 is 0 Å². The van der Waals surface area contributed by atoms with Crippen molar-refractivity contribution in [1.82, 2.24) is 5.32 Å². The van der Waals surface area contributed by atoms with Gasteiger partial charge in [0.25, 0.3) is 0 Å². The van der Waals surface area contributed by atoms with Gasteiger partial charge in [0.15, 0.2) is 0 Å². The first-order valence-electron chi connectivity index (χ1n) is 13.7. The van der Waals surface area contributed by atoms with E-state index >= 15 is 0 Å². The number of benzene rings is 2. The van der Waals surface area contributed by atoms with E-state index in [1.165, 1.54) is 101 Å². The minimum Gasteiger partial charge on any atom is -0.313 e. The van der Waals surface area contributed by atoms with E-state index in [1.54, 1.807) is 0 Å². The quantitative estimate of drug-likeness (QED) is 0.178. The third-order valence-electron chi connectivity index (χ3n) is 6.33. The Bertz CT molecular complexity index is 751. The minimum absolute atomic E-state index is 0.979. The molecule has 0 heterocycles. The first kappa shape index (κ1) is 27.2. The lowest BCUT2D eigenvalue weighted by atomic mass is 10.0. The van der Waals surface area contributed by atoms with E-state index in [1.807, 2.05) is 18.2 Å². The van der Waals surface area contributed by atoms with Crippen molar-refractivity contribution in [2.45, 2.75) is 110 Å². The maximum atomic E-state index is 3.59. The van der Waals surface area contributed by atoms with Crippen LogP contribution in [0.1, 0.15) is 114 Å². The van der Waals surface area contributed by atoms with E-state index in [4.69, 9.17) is 0 Å². The van der Waals surface area contributed by atoms with Crippen molar-refractivity contribution < 1.29 is 0 Å². The number of rotatable bonds is 18. The molecule has 33 heavy (non-hydrogen) atoms. The van der Waals surface area contributed by atoms with Crippen molar-refractivity contribution in [3.05, 3.63) is 71.3 Å². The summed E-state index contributed by atoms with van der Waals surface area (Å²) < 4.78 is 0. The van der Waals surface area contributed by atoms with E-state index in [9.17, 15) is 0 Å². The van der Waals surface area contributed by atoms with Gasteiger partial charge in [-0.25, -0.2) is 0 Å². The van der Waals surface area contributed by atoms with Crippen molar-refractivity contribution in [2.75, 3.05) is 6.54 Å². The van der Waals surface area contributed by atoms with Crippen molar-refractivity contribution in [2.24, 2.45) is 0 Å². The molecule has 0 bridgehead atoms. The summed E-state index contributed by atoms with van der Waals surface area (Å²) in [5.41, 5.74) is 4.01. The number of hydrogen-bond acceptors (Lipinski definition) is 1. The molecule has 2 aromatic carbocycles. The molecule has 0 spiro atoms. The fourth-order valence-corrected chi connectivity index (χ4v) is 4.20. The monoisotopic (exact) mass is 445 g/mol. The van der Waals surface area contributed by atoms with Gasteiger partial charge in [0.2, 0.25) is 0 Å². The number of nitrogens with one attached hydrogen (secondary N) is 1. The molecule has 0 aromatic heterocycles. The summed E-state index contributed by atoms with van der Waals surface area (Å²) in [5, 5.41) is 3.59. The van der Waals surface area contributed by atoms with Crippen molar-refractivity contribution in [3.8, 4) is 11.8 Å². The largest absolute Gasteiger partial charge is 0.313 e. The molecule has 0 radical (unpaired) electrons. The summed E-state index contributed by atoms with van der Waals surface area (Å²) in [6.07, 6.45) is 20.0. The van der Waals surface area contributed by atoms with Crippen LogP contribution in [0, 0.1) is 11.8 Å². The Kier molecular flexibility index (Phi) is 16.0. The van der Waals surface area contributed by atoms with E-state index in [-0.39, 0.29) is 0 Å². The number of hydrogen-bond donors (Lipinski definition) is 1. The molecule has 0 unspecified atom stereocenters. The van der Waals surface area contributed by atoms with Crippen LogP contribution in [0.25, 0.3) is 0 Å². The highest BCUT2D eigenvalue weighted by molar-refractivity contribution is 5.33. The molecule has 0 fully saturated rings. The Morgan fingerprint density at radius 1 is 0.606 bits per heavy atom. The molecule has 0 aliphatic carbocycles. The zero-order valence-corrected chi connectivity index (χ0v) is 21.2. The first-order chi connectivity index (χ1) is 16.4. The van der Waals surface area contributed by atoms with Gasteiger partial charge in [-0.2, -0.15) is 0 Å². The van der Waals surface area contributed by atoms with Gasteiger partial charge in [-0.05, 0) is 55.5 Å². The summed E-state index contributed by atoms with van der Waals surface area (Å²) in [6, 6.07) is 19.5. The third-order valence-corrected chi connectivity index (χ3v) is 6.33. The van der Waals surface area contributed by atoms with E-state index in [0.29, 0.717) is 0 Å². The third kappa shape index (κ3) is 14.7. The van der Waals surface area contributed by atoms with Gasteiger partial charge in [0, 0.05) is 18.5 Å². The van der Waals surface area contributed by atoms with Gasteiger partial charge in [0.05, 0.1) is 0 Å². The van der Waals surface area contributed by atoms with Crippen LogP contribution in [0.15, 0.2) is 54.6 Å².